The molecule has 0 radical (unpaired) electrons. The monoisotopic (exact) mass is 501 g/mol. The lowest BCUT2D eigenvalue weighted by atomic mass is 9.91. The lowest BCUT2D eigenvalue weighted by molar-refractivity contribution is 0.0964. The lowest BCUT2D eigenvalue weighted by Gasteiger charge is -2.28. The summed E-state index contributed by atoms with van der Waals surface area (Å²) in [5.74, 6) is -0.221. The van der Waals surface area contributed by atoms with Gasteiger partial charge in [-0.2, -0.15) is 5.10 Å². The molecule has 0 saturated carbocycles. The highest BCUT2D eigenvalue weighted by molar-refractivity contribution is 5.87. The highest BCUT2D eigenvalue weighted by atomic mass is 16.5. The number of nitrogens with two attached hydrogens (primary N) is 1. The molecule has 37 heavy (non-hydrogen) atoms. The molecule has 3 aromatic heterocycles. The third kappa shape index (κ3) is 4.80. The fraction of sp³-hybridized carbons (Fsp3) is 0.360. The van der Waals surface area contributed by atoms with Crippen LogP contribution < -0.4 is 11.1 Å². The SMILES string of the molecule is Cn1cc(Nc2nccc(-c3ccc4c(c3)CCN([C@@H]3CCOC3)C[C@H]4c3nnc(C(N)=O)o3)n2)cn1. The van der Waals surface area contributed by atoms with E-state index in [9.17, 15) is 4.79 Å². The predicted molar refractivity (Wildman–Crippen MR) is 133 cm³/mol. The second-order valence-corrected chi connectivity index (χ2v) is 9.33. The first-order valence-electron chi connectivity index (χ1n) is 12.2. The fourth-order valence-electron chi connectivity index (χ4n) is 5.03. The Kier molecular flexibility index (Phi) is 6.10. The van der Waals surface area contributed by atoms with Gasteiger partial charge in [0.15, 0.2) is 0 Å². The first kappa shape index (κ1) is 23.3. The lowest BCUT2D eigenvalue weighted by Crippen LogP contribution is -2.38. The third-order valence-electron chi connectivity index (χ3n) is 6.89. The van der Waals surface area contributed by atoms with Gasteiger partial charge in [-0.25, -0.2) is 9.97 Å². The highest BCUT2D eigenvalue weighted by Crippen LogP contribution is 2.34. The van der Waals surface area contributed by atoms with E-state index in [1.807, 2.05) is 25.4 Å². The molecule has 190 valence electrons. The van der Waals surface area contributed by atoms with Gasteiger partial charge in [0.1, 0.15) is 0 Å². The number of ether oxygens (including phenoxy) is 1. The van der Waals surface area contributed by atoms with Crippen LogP contribution in [-0.2, 0) is 18.2 Å². The molecule has 0 spiro atoms. The van der Waals surface area contributed by atoms with Crippen LogP contribution in [0.15, 0.2) is 47.3 Å². The summed E-state index contributed by atoms with van der Waals surface area (Å²) >= 11 is 0. The van der Waals surface area contributed by atoms with E-state index in [1.165, 1.54) is 5.56 Å². The van der Waals surface area contributed by atoms with E-state index in [-0.39, 0.29) is 11.8 Å². The van der Waals surface area contributed by atoms with Crippen LogP contribution in [0.4, 0.5) is 11.6 Å². The third-order valence-corrected chi connectivity index (χ3v) is 6.89. The molecule has 12 nitrogen and oxygen atoms in total. The molecule has 0 bridgehead atoms. The van der Waals surface area contributed by atoms with Crippen molar-refractivity contribution < 1.29 is 13.9 Å². The van der Waals surface area contributed by atoms with E-state index < -0.39 is 5.91 Å². The molecule has 4 aromatic rings. The van der Waals surface area contributed by atoms with E-state index >= 15 is 0 Å². The van der Waals surface area contributed by atoms with Gasteiger partial charge in [0, 0.05) is 50.7 Å². The molecule has 2 aliphatic heterocycles. The van der Waals surface area contributed by atoms with Crippen LogP contribution in [0, 0.1) is 0 Å². The standard InChI is InChI=1S/C25H27N9O3/c1-33-12-17(11-28-33)29-25-27-7-4-21(30-25)16-2-3-19-15(10-16)5-8-34(18-6-9-36-14-18)13-20(19)23-31-32-24(37-23)22(26)35/h2-4,7,10-12,18,20H,5-6,8-9,13-14H2,1H3,(H2,26,35)(H,27,29,30)/t18-,20-/m1/s1. The number of hydrogen-bond donors (Lipinski definition) is 2. The van der Waals surface area contributed by atoms with Crippen LogP contribution in [0.1, 0.15) is 40.0 Å². The summed E-state index contributed by atoms with van der Waals surface area (Å²) < 4.78 is 13.1. The minimum Gasteiger partial charge on any atom is -0.416 e. The Hall–Kier alpha value is -4.16. The normalized spacial score (nSPS) is 19.9. The molecule has 1 fully saturated rings. The maximum Gasteiger partial charge on any atom is 0.306 e. The number of aryl methyl sites for hydroxylation is 1. The number of nitrogens with zero attached hydrogens (tertiary/aromatic N) is 7. The Labute approximate surface area is 212 Å². The Bertz CT molecular complexity index is 1430. The number of amides is 1. The Morgan fingerprint density at radius 1 is 1.24 bits per heavy atom. The van der Waals surface area contributed by atoms with Gasteiger partial charge in [0.25, 0.3) is 0 Å². The fourth-order valence-corrected chi connectivity index (χ4v) is 5.03. The minimum atomic E-state index is -0.733. The van der Waals surface area contributed by atoms with Crippen molar-refractivity contribution in [3.63, 3.8) is 0 Å². The van der Waals surface area contributed by atoms with E-state index in [2.05, 4.69) is 42.6 Å². The number of benzene rings is 1. The van der Waals surface area contributed by atoms with Gasteiger partial charge in [-0.1, -0.05) is 12.1 Å². The van der Waals surface area contributed by atoms with Gasteiger partial charge in [0.05, 0.1) is 30.1 Å². The van der Waals surface area contributed by atoms with Crippen LogP contribution in [0.2, 0.25) is 0 Å². The van der Waals surface area contributed by atoms with E-state index in [0.717, 1.165) is 48.5 Å². The smallest absolute Gasteiger partial charge is 0.306 e. The summed E-state index contributed by atoms with van der Waals surface area (Å²) in [4.78, 5) is 23.1. The van der Waals surface area contributed by atoms with E-state index in [1.54, 1.807) is 17.1 Å². The molecule has 2 atom stereocenters. The topological polar surface area (TPSA) is 150 Å². The quantitative estimate of drug-likeness (QED) is 0.401. The number of fused-ring (bicyclic) bond motifs is 1. The number of carbonyl (C=O) groups is 1. The van der Waals surface area contributed by atoms with Crippen molar-refractivity contribution in [3.8, 4) is 11.3 Å². The highest BCUT2D eigenvalue weighted by Gasteiger charge is 2.33. The van der Waals surface area contributed by atoms with Crippen LogP contribution in [0.5, 0.6) is 0 Å². The molecule has 1 amide bonds. The van der Waals surface area contributed by atoms with Gasteiger partial charge < -0.3 is 20.2 Å². The number of rotatable bonds is 6. The summed E-state index contributed by atoms with van der Waals surface area (Å²) in [7, 11) is 1.86. The van der Waals surface area contributed by atoms with E-state index in [4.69, 9.17) is 19.9 Å². The largest absolute Gasteiger partial charge is 0.416 e. The maximum atomic E-state index is 11.6. The van der Waals surface area contributed by atoms with Crippen LogP contribution in [-0.4, -0.2) is 73.1 Å². The maximum absolute atomic E-state index is 11.6. The van der Waals surface area contributed by atoms with Crippen molar-refractivity contribution >= 4 is 17.5 Å². The van der Waals surface area contributed by atoms with Crippen LogP contribution in [0.25, 0.3) is 11.3 Å². The van der Waals surface area contributed by atoms with Gasteiger partial charge in [-0.05, 0) is 36.1 Å². The number of hydrogen-bond acceptors (Lipinski definition) is 10. The van der Waals surface area contributed by atoms with Crippen LogP contribution >= 0.6 is 0 Å². The predicted octanol–water partition coefficient (Wildman–Crippen LogP) is 1.88. The first-order chi connectivity index (χ1) is 18.0. The number of primary amides is 1. The molecule has 1 aromatic carbocycles. The molecular formula is C25H27N9O3. The molecule has 5 heterocycles. The molecule has 12 heteroatoms. The van der Waals surface area contributed by atoms with Crippen molar-refractivity contribution in [3.05, 3.63) is 65.8 Å². The molecule has 0 aliphatic carbocycles. The summed E-state index contributed by atoms with van der Waals surface area (Å²) in [6.07, 6.45) is 7.15. The number of anilines is 2. The van der Waals surface area contributed by atoms with Crippen LogP contribution in [0.3, 0.4) is 0 Å². The molecule has 1 saturated heterocycles. The number of aromatic nitrogens is 6. The zero-order valence-corrected chi connectivity index (χ0v) is 20.4. The molecule has 2 aliphatic rings. The van der Waals surface area contributed by atoms with Gasteiger partial charge in [-0.15, -0.1) is 10.2 Å². The van der Waals surface area contributed by atoms with Gasteiger partial charge in [-0.3, -0.25) is 14.4 Å². The summed E-state index contributed by atoms with van der Waals surface area (Å²) in [5.41, 5.74) is 10.2. The summed E-state index contributed by atoms with van der Waals surface area (Å²) in [5, 5.41) is 15.4. The average Bonchev–Trinajstić information content (AvgIpc) is 3.66. The Morgan fingerprint density at radius 3 is 2.92 bits per heavy atom. The second kappa shape index (κ2) is 9.71. The zero-order valence-electron chi connectivity index (χ0n) is 20.4. The van der Waals surface area contributed by atoms with Gasteiger partial charge >= 0.3 is 11.8 Å². The molecule has 6 rings (SSSR count). The molecule has 3 N–H and O–H groups in total. The Morgan fingerprint density at radius 2 is 2.16 bits per heavy atom. The van der Waals surface area contributed by atoms with Crippen molar-refractivity contribution in [1.29, 1.82) is 0 Å². The second-order valence-electron chi connectivity index (χ2n) is 9.33. The van der Waals surface area contributed by atoms with Crippen molar-refractivity contribution in [2.75, 3.05) is 31.6 Å². The van der Waals surface area contributed by atoms with Crippen molar-refractivity contribution in [1.82, 2.24) is 34.8 Å². The number of carbonyl (C=O) groups excluding carboxylic acids is 1. The Balaban J connectivity index is 1.33. The summed E-state index contributed by atoms with van der Waals surface area (Å²) in [6, 6.07) is 8.52. The van der Waals surface area contributed by atoms with Crippen molar-refractivity contribution in [2.45, 2.75) is 24.8 Å². The number of nitrogens with one attached hydrogen (secondary N) is 1. The zero-order chi connectivity index (χ0) is 25.4. The molecular weight excluding hydrogens is 474 g/mol. The van der Waals surface area contributed by atoms with Crippen molar-refractivity contribution in [2.24, 2.45) is 12.8 Å². The molecule has 0 unspecified atom stereocenters. The summed E-state index contributed by atoms with van der Waals surface area (Å²) in [6.45, 7) is 3.03. The minimum absolute atomic E-state index is 0.178. The first-order valence-corrected chi connectivity index (χ1v) is 12.2. The van der Waals surface area contributed by atoms with Gasteiger partial charge in [0.2, 0.25) is 11.8 Å². The average molecular weight is 502 g/mol. The van der Waals surface area contributed by atoms with E-state index in [0.29, 0.717) is 31.0 Å².